The average molecular weight is 295 g/mol. The van der Waals surface area contributed by atoms with Crippen molar-refractivity contribution in [3.63, 3.8) is 0 Å². The lowest BCUT2D eigenvalue weighted by Crippen LogP contribution is -2.47. The normalized spacial score (nSPS) is 12.1. The molecular formula is C15H22FN3O2. The number of carbonyl (C=O) groups is 2. The molecule has 5 nitrogen and oxygen atoms in total. The Bertz CT molecular complexity index is 530. The molecule has 21 heavy (non-hydrogen) atoms. The van der Waals surface area contributed by atoms with Crippen LogP contribution in [0.2, 0.25) is 0 Å². The maximum absolute atomic E-state index is 13.2. The fourth-order valence-electron chi connectivity index (χ4n) is 1.97. The Labute approximate surface area is 124 Å². The van der Waals surface area contributed by atoms with Gasteiger partial charge in [-0.1, -0.05) is 13.8 Å². The van der Waals surface area contributed by atoms with Gasteiger partial charge < -0.3 is 16.0 Å². The van der Waals surface area contributed by atoms with Crippen molar-refractivity contribution in [3.05, 3.63) is 29.6 Å². The summed E-state index contributed by atoms with van der Waals surface area (Å²) >= 11 is 0. The second-order valence-electron chi connectivity index (χ2n) is 5.62. The van der Waals surface area contributed by atoms with Crippen molar-refractivity contribution < 1.29 is 14.0 Å². The SMILES string of the molecule is CC(C)CC(NC(=O)c1cc(F)ccc1N)C(=O)N(C)C. The molecule has 6 heteroatoms. The van der Waals surface area contributed by atoms with Gasteiger partial charge >= 0.3 is 0 Å². The molecule has 1 aromatic rings. The van der Waals surface area contributed by atoms with Crippen LogP contribution in [0.3, 0.4) is 0 Å². The zero-order valence-electron chi connectivity index (χ0n) is 12.8. The number of halogens is 1. The van der Waals surface area contributed by atoms with E-state index < -0.39 is 17.8 Å². The van der Waals surface area contributed by atoms with Gasteiger partial charge in [-0.2, -0.15) is 0 Å². The summed E-state index contributed by atoms with van der Waals surface area (Å²) in [5, 5.41) is 2.64. The van der Waals surface area contributed by atoms with Crippen LogP contribution in [0.15, 0.2) is 18.2 Å². The Morgan fingerprint density at radius 1 is 1.33 bits per heavy atom. The maximum atomic E-state index is 13.2. The van der Waals surface area contributed by atoms with Crippen LogP contribution in [0, 0.1) is 11.7 Å². The number of nitrogen functional groups attached to an aromatic ring is 1. The Balaban J connectivity index is 2.94. The van der Waals surface area contributed by atoms with Crippen molar-refractivity contribution in [3.8, 4) is 0 Å². The molecule has 0 spiro atoms. The first-order valence-corrected chi connectivity index (χ1v) is 6.79. The summed E-state index contributed by atoms with van der Waals surface area (Å²) < 4.78 is 13.2. The largest absolute Gasteiger partial charge is 0.398 e. The van der Waals surface area contributed by atoms with Crippen molar-refractivity contribution in [1.82, 2.24) is 10.2 Å². The van der Waals surface area contributed by atoms with Gasteiger partial charge in [-0.05, 0) is 30.5 Å². The van der Waals surface area contributed by atoms with E-state index in [9.17, 15) is 14.0 Å². The van der Waals surface area contributed by atoms with E-state index in [1.165, 1.54) is 17.0 Å². The molecule has 1 aromatic carbocycles. The first-order valence-electron chi connectivity index (χ1n) is 6.79. The second-order valence-corrected chi connectivity index (χ2v) is 5.62. The summed E-state index contributed by atoms with van der Waals surface area (Å²) in [4.78, 5) is 25.7. The highest BCUT2D eigenvalue weighted by molar-refractivity contribution is 6.01. The highest BCUT2D eigenvalue weighted by atomic mass is 19.1. The van der Waals surface area contributed by atoms with Gasteiger partial charge in [0.25, 0.3) is 5.91 Å². The van der Waals surface area contributed by atoms with Crippen molar-refractivity contribution in [1.29, 1.82) is 0 Å². The number of hydrogen-bond donors (Lipinski definition) is 2. The Morgan fingerprint density at radius 2 is 1.95 bits per heavy atom. The number of anilines is 1. The van der Waals surface area contributed by atoms with E-state index in [1.54, 1.807) is 14.1 Å². The van der Waals surface area contributed by atoms with Crippen LogP contribution in [0.1, 0.15) is 30.6 Å². The molecule has 2 amide bonds. The van der Waals surface area contributed by atoms with Gasteiger partial charge in [0.15, 0.2) is 0 Å². The molecule has 0 aliphatic heterocycles. The lowest BCUT2D eigenvalue weighted by Gasteiger charge is -2.23. The summed E-state index contributed by atoms with van der Waals surface area (Å²) in [7, 11) is 3.25. The van der Waals surface area contributed by atoms with Gasteiger partial charge in [0.1, 0.15) is 11.9 Å². The lowest BCUT2D eigenvalue weighted by atomic mass is 10.0. The third-order valence-corrected chi connectivity index (χ3v) is 3.01. The zero-order chi connectivity index (χ0) is 16.2. The van der Waals surface area contributed by atoms with Crippen LogP contribution in [-0.4, -0.2) is 36.9 Å². The van der Waals surface area contributed by atoms with E-state index in [-0.39, 0.29) is 23.1 Å². The number of benzene rings is 1. The van der Waals surface area contributed by atoms with Crippen LogP contribution >= 0.6 is 0 Å². The maximum Gasteiger partial charge on any atom is 0.254 e. The van der Waals surface area contributed by atoms with Gasteiger partial charge in [-0.25, -0.2) is 4.39 Å². The molecule has 0 saturated heterocycles. The smallest absolute Gasteiger partial charge is 0.254 e. The number of nitrogens with one attached hydrogen (secondary N) is 1. The number of rotatable bonds is 5. The zero-order valence-corrected chi connectivity index (χ0v) is 12.8. The summed E-state index contributed by atoms with van der Waals surface area (Å²) in [6, 6.07) is 2.92. The quantitative estimate of drug-likeness (QED) is 0.811. The van der Waals surface area contributed by atoms with Crippen molar-refractivity contribution >= 4 is 17.5 Å². The van der Waals surface area contributed by atoms with Crippen molar-refractivity contribution in [2.45, 2.75) is 26.3 Å². The fraction of sp³-hybridized carbons (Fsp3) is 0.467. The van der Waals surface area contributed by atoms with Crippen LogP contribution in [0.25, 0.3) is 0 Å². The first-order chi connectivity index (χ1) is 9.72. The van der Waals surface area contributed by atoms with E-state index in [1.807, 2.05) is 13.8 Å². The van der Waals surface area contributed by atoms with Crippen LogP contribution in [-0.2, 0) is 4.79 Å². The third kappa shape index (κ3) is 4.73. The number of hydrogen-bond acceptors (Lipinski definition) is 3. The molecule has 0 bridgehead atoms. The molecule has 1 atom stereocenters. The predicted octanol–water partition coefficient (Wildman–Crippen LogP) is 1.64. The molecule has 0 saturated carbocycles. The monoisotopic (exact) mass is 295 g/mol. The molecular weight excluding hydrogens is 273 g/mol. The third-order valence-electron chi connectivity index (χ3n) is 3.01. The minimum Gasteiger partial charge on any atom is -0.398 e. The number of nitrogens with zero attached hydrogens (tertiary/aromatic N) is 1. The van der Waals surface area contributed by atoms with Crippen LogP contribution in [0.5, 0.6) is 0 Å². The Morgan fingerprint density at radius 3 is 2.48 bits per heavy atom. The Hall–Kier alpha value is -2.11. The summed E-state index contributed by atoms with van der Waals surface area (Å²) in [5.74, 6) is -1.07. The molecule has 3 N–H and O–H groups in total. The Kier molecular flexibility index (Phi) is 5.69. The first kappa shape index (κ1) is 16.9. The van der Waals surface area contributed by atoms with E-state index in [4.69, 9.17) is 5.73 Å². The number of likely N-dealkylation sites (N-methyl/N-ethyl adjacent to an activating group) is 1. The summed E-state index contributed by atoms with van der Waals surface area (Å²) in [5.41, 5.74) is 5.89. The highest BCUT2D eigenvalue weighted by Crippen LogP contribution is 2.15. The number of amides is 2. The molecule has 0 aliphatic carbocycles. The van der Waals surface area contributed by atoms with Gasteiger partial charge in [0.2, 0.25) is 5.91 Å². The van der Waals surface area contributed by atoms with Gasteiger partial charge in [0, 0.05) is 19.8 Å². The molecule has 0 aromatic heterocycles. The molecule has 0 fully saturated rings. The van der Waals surface area contributed by atoms with Gasteiger partial charge in [0.05, 0.1) is 5.56 Å². The topological polar surface area (TPSA) is 75.4 Å². The van der Waals surface area contributed by atoms with Crippen LogP contribution < -0.4 is 11.1 Å². The van der Waals surface area contributed by atoms with Gasteiger partial charge in [-0.15, -0.1) is 0 Å². The van der Waals surface area contributed by atoms with E-state index in [0.717, 1.165) is 6.07 Å². The average Bonchev–Trinajstić information content (AvgIpc) is 2.39. The fourth-order valence-corrected chi connectivity index (χ4v) is 1.97. The molecule has 0 aliphatic rings. The molecule has 0 radical (unpaired) electrons. The second kappa shape index (κ2) is 7.06. The van der Waals surface area contributed by atoms with Gasteiger partial charge in [-0.3, -0.25) is 9.59 Å². The molecule has 1 unspecified atom stereocenters. The number of carbonyl (C=O) groups excluding carboxylic acids is 2. The summed E-state index contributed by atoms with van der Waals surface area (Å²) in [6.45, 7) is 3.91. The number of nitrogens with two attached hydrogens (primary N) is 1. The standard InChI is InChI=1S/C15H22FN3O2/c1-9(2)7-13(15(21)19(3)4)18-14(20)11-8-10(16)5-6-12(11)17/h5-6,8-9,13H,7,17H2,1-4H3,(H,18,20). The molecule has 0 heterocycles. The summed E-state index contributed by atoms with van der Waals surface area (Å²) in [6.07, 6.45) is 0.498. The van der Waals surface area contributed by atoms with Crippen molar-refractivity contribution in [2.75, 3.05) is 19.8 Å². The molecule has 116 valence electrons. The van der Waals surface area contributed by atoms with E-state index in [0.29, 0.717) is 6.42 Å². The van der Waals surface area contributed by atoms with Crippen LogP contribution in [0.4, 0.5) is 10.1 Å². The highest BCUT2D eigenvalue weighted by Gasteiger charge is 2.24. The molecule has 1 rings (SSSR count). The minimum absolute atomic E-state index is 0.0373. The van der Waals surface area contributed by atoms with E-state index in [2.05, 4.69) is 5.32 Å². The predicted molar refractivity (Wildman–Crippen MR) is 80.2 cm³/mol. The minimum atomic E-state index is -0.657. The van der Waals surface area contributed by atoms with Crippen molar-refractivity contribution in [2.24, 2.45) is 5.92 Å². The van der Waals surface area contributed by atoms with E-state index >= 15 is 0 Å². The lowest BCUT2D eigenvalue weighted by molar-refractivity contribution is -0.131.